The zero-order valence-electron chi connectivity index (χ0n) is 19.9. The number of halogens is 1. The van der Waals surface area contributed by atoms with Crippen LogP contribution in [0.1, 0.15) is 28.8 Å². The molecule has 0 aliphatic carbocycles. The van der Waals surface area contributed by atoms with Crippen LogP contribution in [0.15, 0.2) is 71.9 Å². The molecule has 7 nitrogen and oxygen atoms in total. The second kappa shape index (κ2) is 9.68. The van der Waals surface area contributed by atoms with E-state index in [0.717, 1.165) is 37.8 Å². The fourth-order valence-electron chi connectivity index (χ4n) is 4.90. The Morgan fingerprint density at radius 3 is 2.51 bits per heavy atom. The van der Waals surface area contributed by atoms with Gasteiger partial charge in [-0.15, -0.1) is 0 Å². The van der Waals surface area contributed by atoms with Crippen LogP contribution in [0.25, 0.3) is 27.6 Å². The Morgan fingerprint density at radius 1 is 0.973 bits per heavy atom. The van der Waals surface area contributed by atoms with E-state index in [-0.39, 0.29) is 17.7 Å². The van der Waals surface area contributed by atoms with Crippen LogP contribution in [-0.2, 0) is 10.5 Å². The van der Waals surface area contributed by atoms with Crippen molar-refractivity contribution >= 4 is 62.8 Å². The highest BCUT2D eigenvalue weighted by molar-refractivity contribution is 7.98. The van der Waals surface area contributed by atoms with E-state index in [2.05, 4.69) is 4.40 Å². The number of amides is 2. The molecule has 5 aromatic rings. The maximum absolute atomic E-state index is 13.3. The van der Waals surface area contributed by atoms with Gasteiger partial charge in [0.05, 0.1) is 16.6 Å². The zero-order chi connectivity index (χ0) is 25.5. The van der Waals surface area contributed by atoms with Crippen LogP contribution in [0, 0.1) is 5.92 Å². The average Bonchev–Trinajstić information content (AvgIpc) is 3.32. The Bertz CT molecular complexity index is 1680. The lowest BCUT2D eigenvalue weighted by molar-refractivity contribution is -0.123. The summed E-state index contributed by atoms with van der Waals surface area (Å²) >= 11 is 8.00. The summed E-state index contributed by atoms with van der Waals surface area (Å²) in [7, 11) is 0. The van der Waals surface area contributed by atoms with Crippen molar-refractivity contribution in [2.45, 2.75) is 23.8 Å². The van der Waals surface area contributed by atoms with E-state index in [9.17, 15) is 9.59 Å². The molecule has 0 spiro atoms. The van der Waals surface area contributed by atoms with Crippen LogP contribution in [-0.4, -0.2) is 44.2 Å². The topological polar surface area (TPSA) is 93.6 Å². The maximum Gasteiger partial charge on any atom is 0.253 e. The smallest absolute Gasteiger partial charge is 0.253 e. The minimum atomic E-state index is -0.292. The predicted octanol–water partition coefficient (Wildman–Crippen LogP) is 5.32. The molecular formula is C28H24ClN5O2S. The van der Waals surface area contributed by atoms with Gasteiger partial charge < -0.3 is 10.6 Å². The Morgan fingerprint density at radius 2 is 1.73 bits per heavy atom. The van der Waals surface area contributed by atoms with Crippen molar-refractivity contribution in [2.75, 3.05) is 13.1 Å². The summed E-state index contributed by atoms with van der Waals surface area (Å²) in [5.74, 6) is 0.126. The molecule has 3 aromatic carbocycles. The lowest BCUT2D eigenvalue weighted by Crippen LogP contribution is -2.41. The Labute approximate surface area is 222 Å². The predicted molar refractivity (Wildman–Crippen MR) is 147 cm³/mol. The summed E-state index contributed by atoms with van der Waals surface area (Å²) in [4.78, 5) is 36.5. The van der Waals surface area contributed by atoms with Crippen LogP contribution >= 0.6 is 23.4 Å². The van der Waals surface area contributed by atoms with E-state index >= 15 is 0 Å². The van der Waals surface area contributed by atoms with Crippen molar-refractivity contribution in [1.82, 2.24) is 19.3 Å². The number of benzene rings is 3. The second-order valence-corrected chi connectivity index (χ2v) is 10.6. The minimum absolute atomic E-state index is 0.0646. The third-order valence-corrected chi connectivity index (χ3v) is 8.31. The molecule has 0 bridgehead atoms. The van der Waals surface area contributed by atoms with Gasteiger partial charge in [0, 0.05) is 40.7 Å². The van der Waals surface area contributed by atoms with Crippen LogP contribution < -0.4 is 5.73 Å². The van der Waals surface area contributed by atoms with E-state index in [1.165, 1.54) is 0 Å². The highest BCUT2D eigenvalue weighted by atomic mass is 35.5. The van der Waals surface area contributed by atoms with Gasteiger partial charge in [0.1, 0.15) is 5.65 Å². The molecule has 1 fully saturated rings. The Balaban J connectivity index is 1.40. The maximum atomic E-state index is 13.3. The molecule has 1 saturated heterocycles. The molecule has 0 radical (unpaired) electrons. The van der Waals surface area contributed by atoms with Gasteiger partial charge in [-0.1, -0.05) is 53.7 Å². The molecule has 0 atom stereocenters. The first-order valence-corrected chi connectivity index (χ1v) is 13.5. The number of imidazole rings is 1. The van der Waals surface area contributed by atoms with Crippen LogP contribution in [0.4, 0.5) is 0 Å². The van der Waals surface area contributed by atoms with Crippen LogP contribution in [0.5, 0.6) is 0 Å². The number of hydrogen-bond donors (Lipinski definition) is 1. The van der Waals surface area contributed by atoms with Crippen molar-refractivity contribution < 1.29 is 9.59 Å². The first-order valence-electron chi connectivity index (χ1n) is 12.2. The van der Waals surface area contributed by atoms with Crippen molar-refractivity contribution in [1.29, 1.82) is 0 Å². The minimum Gasteiger partial charge on any atom is -0.369 e. The number of nitrogens with zero attached hydrogens (tertiary/aromatic N) is 4. The molecule has 1 aliphatic heterocycles. The summed E-state index contributed by atoms with van der Waals surface area (Å²) < 4.78 is 2.08. The highest BCUT2D eigenvalue weighted by Crippen LogP contribution is 2.32. The lowest BCUT2D eigenvalue weighted by atomic mass is 9.96. The van der Waals surface area contributed by atoms with Gasteiger partial charge in [0.25, 0.3) is 5.91 Å². The van der Waals surface area contributed by atoms with E-state index in [1.807, 2.05) is 66.7 Å². The fraction of sp³-hybridized carbons (Fsp3) is 0.214. The Hall–Kier alpha value is -3.62. The molecule has 6 rings (SSSR count). The Kier molecular flexibility index (Phi) is 6.22. The van der Waals surface area contributed by atoms with Crippen molar-refractivity contribution in [2.24, 2.45) is 11.7 Å². The number of para-hydroxylation sites is 2. The van der Waals surface area contributed by atoms with E-state index in [1.54, 1.807) is 16.7 Å². The van der Waals surface area contributed by atoms with Gasteiger partial charge in [-0.05, 0) is 54.8 Å². The summed E-state index contributed by atoms with van der Waals surface area (Å²) in [5, 5.41) is 2.38. The van der Waals surface area contributed by atoms with Crippen molar-refractivity contribution in [3.63, 3.8) is 0 Å². The number of nitrogens with two attached hydrogens (primary N) is 1. The van der Waals surface area contributed by atoms with Crippen LogP contribution in [0.3, 0.4) is 0 Å². The zero-order valence-corrected chi connectivity index (χ0v) is 21.5. The summed E-state index contributed by atoms with van der Waals surface area (Å²) in [6.07, 6.45) is 1.19. The molecule has 37 heavy (non-hydrogen) atoms. The fourth-order valence-corrected chi connectivity index (χ4v) is 6.20. The molecule has 9 heteroatoms. The number of aromatic nitrogens is 3. The number of rotatable bonds is 5. The van der Waals surface area contributed by atoms with Crippen molar-refractivity contribution in [3.8, 4) is 0 Å². The molecule has 2 amide bonds. The summed E-state index contributed by atoms with van der Waals surface area (Å²) in [6, 6.07) is 21.4. The molecule has 3 heterocycles. The summed E-state index contributed by atoms with van der Waals surface area (Å²) in [6.45, 7) is 1.03. The molecule has 0 saturated carbocycles. The number of carbonyl (C=O) groups is 2. The molecule has 1 aliphatic rings. The standard InChI is InChI=1S/C28H24ClN5O2S/c29-21-6-2-1-5-19(21)16-37-28-32-23-15-18(27(36)33-13-11-17(12-14-33)25(30)35)9-10-20(23)26-31-22-7-3-4-8-24(22)34(26)28/h1-10,15,17H,11-14,16H2,(H2,30,35). The first-order chi connectivity index (χ1) is 18.0. The number of primary amides is 1. The molecule has 0 unspecified atom stereocenters. The monoisotopic (exact) mass is 529 g/mol. The van der Waals surface area contributed by atoms with Gasteiger partial charge in [-0.25, -0.2) is 9.97 Å². The average molecular weight is 530 g/mol. The number of carbonyl (C=O) groups excluding carboxylic acids is 2. The lowest BCUT2D eigenvalue weighted by Gasteiger charge is -2.30. The van der Waals surface area contributed by atoms with Gasteiger partial charge in [-0.3, -0.25) is 14.0 Å². The van der Waals surface area contributed by atoms with Crippen molar-refractivity contribution in [3.05, 3.63) is 82.9 Å². The summed E-state index contributed by atoms with van der Waals surface area (Å²) in [5.41, 5.74) is 10.4. The SMILES string of the molecule is NC(=O)C1CCN(C(=O)c2ccc3c(c2)nc(SCc2ccccc2Cl)n2c4ccccc4nc32)CC1. The largest absolute Gasteiger partial charge is 0.369 e. The molecular weight excluding hydrogens is 506 g/mol. The van der Waals surface area contributed by atoms with Gasteiger partial charge in [-0.2, -0.15) is 0 Å². The number of likely N-dealkylation sites (tertiary alicyclic amines) is 1. The second-order valence-electron chi connectivity index (χ2n) is 9.23. The number of fused-ring (bicyclic) bond motifs is 5. The van der Waals surface area contributed by atoms with Gasteiger partial charge in [0.15, 0.2) is 5.16 Å². The van der Waals surface area contributed by atoms with Crippen LogP contribution in [0.2, 0.25) is 5.02 Å². The molecule has 2 N–H and O–H groups in total. The van der Waals surface area contributed by atoms with E-state index < -0.39 is 0 Å². The number of thioether (sulfide) groups is 1. The van der Waals surface area contributed by atoms with E-state index in [0.29, 0.717) is 42.8 Å². The third-order valence-electron chi connectivity index (χ3n) is 6.95. The number of piperidine rings is 1. The molecule has 186 valence electrons. The normalized spacial score (nSPS) is 14.6. The van der Waals surface area contributed by atoms with Gasteiger partial charge in [0.2, 0.25) is 5.91 Å². The highest BCUT2D eigenvalue weighted by Gasteiger charge is 2.27. The van der Waals surface area contributed by atoms with Gasteiger partial charge >= 0.3 is 0 Å². The third kappa shape index (κ3) is 4.40. The van der Waals surface area contributed by atoms with E-state index in [4.69, 9.17) is 27.3 Å². The quantitative estimate of drug-likeness (QED) is 0.246. The molecule has 2 aromatic heterocycles. The number of hydrogen-bond acceptors (Lipinski definition) is 5. The first kappa shape index (κ1) is 23.8.